The Hall–Kier alpha value is -4.20. The lowest BCUT2D eigenvalue weighted by Crippen LogP contribution is -2.27. The quantitative estimate of drug-likeness (QED) is 0.440. The Labute approximate surface area is 197 Å². The highest BCUT2D eigenvalue weighted by Gasteiger charge is 2.19. The molecule has 2 amide bonds. The molecule has 0 bridgehead atoms. The van der Waals surface area contributed by atoms with Crippen molar-refractivity contribution in [2.75, 3.05) is 18.4 Å². The summed E-state index contributed by atoms with van der Waals surface area (Å²) in [6, 6.07) is 17.1. The van der Waals surface area contributed by atoms with Gasteiger partial charge in [-0.25, -0.2) is 4.98 Å². The summed E-state index contributed by atoms with van der Waals surface area (Å²) >= 11 is 0. The molecule has 0 atom stereocenters. The Kier molecular flexibility index (Phi) is 6.20. The number of anilines is 1. The summed E-state index contributed by atoms with van der Waals surface area (Å²) in [6.07, 6.45) is 8.48. The second-order valence-corrected chi connectivity index (χ2v) is 8.37. The van der Waals surface area contributed by atoms with Crippen molar-refractivity contribution < 1.29 is 9.59 Å². The minimum absolute atomic E-state index is 0.161. The first-order valence-electron chi connectivity index (χ1n) is 11.5. The fourth-order valence-electron chi connectivity index (χ4n) is 4.21. The number of imidazole rings is 1. The number of aromatic amines is 1. The van der Waals surface area contributed by atoms with Gasteiger partial charge in [0.05, 0.1) is 11.9 Å². The zero-order valence-electron chi connectivity index (χ0n) is 18.8. The predicted octanol–water partition coefficient (Wildman–Crippen LogP) is 4.07. The lowest BCUT2D eigenvalue weighted by molar-refractivity contribution is -0.130. The molecule has 0 aliphatic carbocycles. The minimum Gasteiger partial charge on any atom is -0.343 e. The SMILES string of the molecule is O=C(Nc1nc(CCC(=O)N2CCCC2)cn1-c1ccccc1)c1cccc(-c2cn[nH]c2)c1. The standard InChI is InChI=1S/C26H26N6O2/c33-24(31-13-4-5-14-31)12-11-22-18-32(23-9-2-1-3-10-23)26(29-22)30-25(34)20-8-6-7-19(15-20)21-16-27-28-17-21/h1-3,6-10,15-18H,4-5,11-14H2,(H,27,28)(H,29,30,34). The maximum atomic E-state index is 13.1. The summed E-state index contributed by atoms with van der Waals surface area (Å²) in [5.74, 6) is 0.328. The van der Waals surface area contributed by atoms with Crippen LogP contribution < -0.4 is 5.32 Å². The van der Waals surface area contributed by atoms with E-state index in [0.717, 1.165) is 48.4 Å². The highest BCUT2D eigenvalue weighted by atomic mass is 16.2. The summed E-state index contributed by atoms with van der Waals surface area (Å²) < 4.78 is 1.85. The molecule has 2 N–H and O–H groups in total. The van der Waals surface area contributed by atoms with E-state index in [2.05, 4.69) is 20.5 Å². The number of para-hydroxylation sites is 1. The molecule has 0 saturated carbocycles. The van der Waals surface area contributed by atoms with Gasteiger partial charge in [0.15, 0.2) is 0 Å². The maximum absolute atomic E-state index is 13.1. The van der Waals surface area contributed by atoms with Crippen LogP contribution in [0.1, 0.15) is 35.3 Å². The van der Waals surface area contributed by atoms with Crippen molar-refractivity contribution in [3.8, 4) is 16.8 Å². The Balaban J connectivity index is 1.37. The van der Waals surface area contributed by atoms with Crippen LogP contribution in [0, 0.1) is 0 Å². The molecule has 0 spiro atoms. The molecule has 8 nitrogen and oxygen atoms in total. The van der Waals surface area contributed by atoms with E-state index < -0.39 is 0 Å². The van der Waals surface area contributed by atoms with Crippen LogP contribution in [0.25, 0.3) is 16.8 Å². The van der Waals surface area contributed by atoms with Crippen LogP contribution in [0.4, 0.5) is 5.95 Å². The van der Waals surface area contributed by atoms with Crippen molar-refractivity contribution in [3.63, 3.8) is 0 Å². The molecule has 0 unspecified atom stereocenters. The highest BCUT2D eigenvalue weighted by Crippen LogP contribution is 2.22. The fraction of sp³-hybridized carbons (Fsp3) is 0.231. The van der Waals surface area contributed by atoms with Gasteiger partial charge in [-0.15, -0.1) is 0 Å². The van der Waals surface area contributed by atoms with Crippen molar-refractivity contribution in [1.29, 1.82) is 0 Å². The van der Waals surface area contributed by atoms with E-state index in [1.165, 1.54) is 0 Å². The fourth-order valence-corrected chi connectivity index (χ4v) is 4.21. The second-order valence-electron chi connectivity index (χ2n) is 8.37. The van der Waals surface area contributed by atoms with E-state index in [-0.39, 0.29) is 11.8 Å². The number of nitrogens with zero attached hydrogens (tertiary/aromatic N) is 4. The zero-order valence-corrected chi connectivity index (χ0v) is 18.8. The lowest BCUT2D eigenvalue weighted by atomic mass is 10.1. The Bertz CT molecular complexity index is 1270. The molecule has 172 valence electrons. The van der Waals surface area contributed by atoms with E-state index in [4.69, 9.17) is 0 Å². The van der Waals surface area contributed by atoms with Crippen molar-refractivity contribution >= 4 is 17.8 Å². The summed E-state index contributed by atoms with van der Waals surface area (Å²) in [6.45, 7) is 1.69. The molecule has 4 aromatic rings. The Morgan fingerprint density at radius 3 is 2.59 bits per heavy atom. The first kappa shape index (κ1) is 21.6. The number of nitrogens with one attached hydrogen (secondary N) is 2. The van der Waals surface area contributed by atoms with Crippen LogP contribution in [-0.4, -0.2) is 49.6 Å². The molecular weight excluding hydrogens is 428 g/mol. The summed E-state index contributed by atoms with van der Waals surface area (Å²) in [5.41, 5.74) is 3.97. The molecule has 2 aromatic heterocycles. The molecule has 1 aliphatic heterocycles. The van der Waals surface area contributed by atoms with E-state index in [0.29, 0.717) is 24.4 Å². The third kappa shape index (κ3) is 4.76. The molecule has 3 heterocycles. The number of aromatic nitrogens is 4. The first-order valence-corrected chi connectivity index (χ1v) is 11.5. The molecule has 8 heteroatoms. The van der Waals surface area contributed by atoms with Crippen LogP contribution in [0.5, 0.6) is 0 Å². The zero-order chi connectivity index (χ0) is 23.3. The van der Waals surface area contributed by atoms with E-state index >= 15 is 0 Å². The largest absolute Gasteiger partial charge is 0.343 e. The molecule has 2 aromatic carbocycles. The van der Waals surface area contributed by atoms with Crippen LogP contribution in [0.15, 0.2) is 73.2 Å². The third-order valence-electron chi connectivity index (χ3n) is 6.03. The smallest absolute Gasteiger partial charge is 0.258 e. The normalized spacial score (nSPS) is 13.2. The molecule has 0 radical (unpaired) electrons. The van der Waals surface area contributed by atoms with Gasteiger partial charge in [-0.2, -0.15) is 5.10 Å². The van der Waals surface area contributed by atoms with Gasteiger partial charge in [0.25, 0.3) is 5.91 Å². The summed E-state index contributed by atoms with van der Waals surface area (Å²) in [4.78, 5) is 32.2. The average Bonchev–Trinajstić information content (AvgIpc) is 3.66. The van der Waals surface area contributed by atoms with E-state index in [9.17, 15) is 9.59 Å². The summed E-state index contributed by atoms with van der Waals surface area (Å²) in [5, 5.41) is 9.72. The molecular formula is C26H26N6O2. The number of hydrogen-bond acceptors (Lipinski definition) is 4. The number of carbonyl (C=O) groups excluding carboxylic acids is 2. The number of rotatable bonds is 7. The monoisotopic (exact) mass is 454 g/mol. The molecule has 1 aliphatic rings. The lowest BCUT2D eigenvalue weighted by Gasteiger charge is -2.14. The van der Waals surface area contributed by atoms with Gasteiger partial charge in [0, 0.05) is 55.1 Å². The van der Waals surface area contributed by atoms with Crippen LogP contribution in [0.2, 0.25) is 0 Å². The van der Waals surface area contributed by atoms with Crippen molar-refractivity contribution in [2.45, 2.75) is 25.7 Å². The van der Waals surface area contributed by atoms with Crippen molar-refractivity contribution in [1.82, 2.24) is 24.6 Å². The number of H-pyrrole nitrogens is 1. The highest BCUT2D eigenvalue weighted by molar-refractivity contribution is 6.04. The first-order chi connectivity index (χ1) is 16.7. The maximum Gasteiger partial charge on any atom is 0.258 e. The third-order valence-corrected chi connectivity index (χ3v) is 6.03. The van der Waals surface area contributed by atoms with Gasteiger partial charge in [-0.3, -0.25) is 24.6 Å². The van der Waals surface area contributed by atoms with Gasteiger partial charge in [0.2, 0.25) is 11.9 Å². The number of amides is 2. The van der Waals surface area contributed by atoms with Crippen LogP contribution in [0.3, 0.4) is 0 Å². The van der Waals surface area contributed by atoms with E-state index in [1.807, 2.05) is 64.2 Å². The molecule has 1 fully saturated rings. The predicted molar refractivity (Wildman–Crippen MR) is 130 cm³/mol. The van der Waals surface area contributed by atoms with Gasteiger partial charge >= 0.3 is 0 Å². The Morgan fingerprint density at radius 2 is 1.82 bits per heavy atom. The van der Waals surface area contributed by atoms with Gasteiger partial charge < -0.3 is 4.90 Å². The number of aryl methyl sites for hydroxylation is 1. The topological polar surface area (TPSA) is 95.9 Å². The van der Waals surface area contributed by atoms with E-state index in [1.54, 1.807) is 18.5 Å². The van der Waals surface area contributed by atoms with Gasteiger partial charge in [-0.1, -0.05) is 30.3 Å². The Morgan fingerprint density at radius 1 is 1.00 bits per heavy atom. The van der Waals surface area contributed by atoms with Crippen LogP contribution in [-0.2, 0) is 11.2 Å². The molecule has 1 saturated heterocycles. The average molecular weight is 455 g/mol. The van der Waals surface area contributed by atoms with Gasteiger partial charge in [-0.05, 0) is 42.7 Å². The van der Waals surface area contributed by atoms with Crippen molar-refractivity contribution in [2.24, 2.45) is 0 Å². The number of carbonyl (C=O) groups is 2. The molecule has 5 rings (SSSR count). The minimum atomic E-state index is -0.257. The van der Waals surface area contributed by atoms with Crippen LogP contribution >= 0.6 is 0 Å². The number of benzene rings is 2. The second kappa shape index (κ2) is 9.74. The summed E-state index contributed by atoms with van der Waals surface area (Å²) in [7, 11) is 0. The van der Waals surface area contributed by atoms with Gasteiger partial charge in [0.1, 0.15) is 0 Å². The number of hydrogen-bond donors (Lipinski definition) is 2. The van der Waals surface area contributed by atoms with Crippen molar-refractivity contribution in [3.05, 3.63) is 84.4 Å². The number of likely N-dealkylation sites (tertiary alicyclic amines) is 1. The molecule has 34 heavy (non-hydrogen) atoms.